The minimum Gasteiger partial charge on any atom is -0.0732 e. The predicted octanol–water partition coefficient (Wildman–Crippen LogP) is 17.7. The van der Waals surface area contributed by atoms with Gasteiger partial charge in [-0.25, -0.2) is 0 Å². The van der Waals surface area contributed by atoms with Crippen molar-refractivity contribution in [2.24, 2.45) is 5.92 Å². The van der Waals surface area contributed by atoms with Gasteiger partial charge in [-0.3, -0.25) is 0 Å². The van der Waals surface area contributed by atoms with Crippen molar-refractivity contribution in [3.8, 4) is 22.3 Å². The number of rotatable bonds is 6. The van der Waals surface area contributed by atoms with Gasteiger partial charge in [-0.2, -0.15) is 0 Å². The van der Waals surface area contributed by atoms with Gasteiger partial charge < -0.3 is 0 Å². The molecule has 0 fully saturated rings. The van der Waals surface area contributed by atoms with Crippen molar-refractivity contribution >= 4 is 59.7 Å². The third-order valence-corrected chi connectivity index (χ3v) is 15.5. The molecule has 0 heterocycles. The van der Waals surface area contributed by atoms with Gasteiger partial charge in [0.1, 0.15) is 0 Å². The molecule has 0 nitrogen and oxygen atoms in total. The minimum atomic E-state index is -0.710. The van der Waals surface area contributed by atoms with Crippen LogP contribution in [0.15, 0.2) is 258 Å². The lowest BCUT2D eigenvalue weighted by Gasteiger charge is -2.35. The summed E-state index contributed by atoms with van der Waals surface area (Å²) in [4.78, 5) is 0. The van der Waals surface area contributed by atoms with Crippen molar-refractivity contribution in [2.45, 2.75) is 5.41 Å². The smallest absolute Gasteiger partial charge is 0.0714 e. The molecule has 9 aromatic rings. The van der Waals surface area contributed by atoms with Crippen molar-refractivity contribution in [3.63, 3.8) is 0 Å². The maximum atomic E-state index is 3.99. The summed E-state index contributed by atoms with van der Waals surface area (Å²) in [5.41, 5.74) is 25.4. The van der Waals surface area contributed by atoms with Crippen molar-refractivity contribution < 1.29 is 0 Å². The number of halogens is 2. The Bertz CT molecular complexity index is 3590. The molecule has 68 heavy (non-hydrogen) atoms. The Morgan fingerprint density at radius 2 is 0.838 bits per heavy atom. The first-order valence-electron chi connectivity index (χ1n) is 23.3. The third kappa shape index (κ3) is 6.39. The van der Waals surface area contributed by atoms with Crippen LogP contribution >= 0.6 is 31.9 Å². The van der Waals surface area contributed by atoms with Crippen LogP contribution in [0.2, 0.25) is 0 Å². The average Bonchev–Trinajstić information content (AvgIpc) is 3.75. The second kappa shape index (κ2) is 16.5. The molecule has 320 valence electrons. The zero-order chi connectivity index (χ0) is 45.3. The first-order chi connectivity index (χ1) is 33.6. The van der Waals surface area contributed by atoms with Crippen LogP contribution in [-0.2, 0) is 5.41 Å². The molecule has 13 rings (SSSR count). The normalized spacial score (nSPS) is 16.2. The Labute approximate surface area is 415 Å². The van der Waals surface area contributed by atoms with Crippen LogP contribution in [0.25, 0.3) is 50.1 Å². The summed E-state index contributed by atoms with van der Waals surface area (Å²) in [6.07, 6.45) is 11.4. The minimum absolute atomic E-state index is 0.0922. The molecule has 9 aromatic carbocycles. The molecule has 4 aliphatic carbocycles. The molecular weight excluding hydrogens is 953 g/mol. The fourth-order valence-corrected chi connectivity index (χ4v) is 12.5. The fourth-order valence-electron chi connectivity index (χ4n) is 11.8. The molecule has 1 atom stereocenters. The average molecular weight is 995 g/mol. The van der Waals surface area contributed by atoms with Crippen LogP contribution in [0.1, 0.15) is 66.8 Å². The summed E-state index contributed by atoms with van der Waals surface area (Å²) in [6.45, 7) is 0. The lowest BCUT2D eigenvalue weighted by atomic mass is 9.66. The molecule has 2 heteroatoms. The second-order valence-electron chi connectivity index (χ2n) is 18.1. The first-order valence-corrected chi connectivity index (χ1v) is 24.9. The molecule has 0 saturated heterocycles. The van der Waals surface area contributed by atoms with E-state index in [9.17, 15) is 0 Å². The van der Waals surface area contributed by atoms with Gasteiger partial charge >= 0.3 is 0 Å². The van der Waals surface area contributed by atoms with E-state index in [0.717, 1.165) is 8.95 Å². The van der Waals surface area contributed by atoms with Gasteiger partial charge in [-0.15, -0.1) is 0 Å². The maximum Gasteiger partial charge on any atom is 0.0714 e. The number of hydrogen-bond acceptors (Lipinski definition) is 0. The molecule has 0 aromatic heterocycles. The summed E-state index contributed by atoms with van der Waals surface area (Å²) in [5, 5.41) is 0. The van der Waals surface area contributed by atoms with Gasteiger partial charge in [0.15, 0.2) is 0 Å². The van der Waals surface area contributed by atoms with Crippen molar-refractivity contribution in [1.29, 1.82) is 0 Å². The zero-order valence-corrected chi connectivity index (χ0v) is 40.2. The summed E-state index contributed by atoms with van der Waals surface area (Å²) in [6, 6.07) is 81.4. The molecule has 2 bridgehead atoms. The molecule has 0 radical (unpaired) electrons. The maximum absolute atomic E-state index is 3.99. The van der Waals surface area contributed by atoms with E-state index in [-0.39, 0.29) is 5.92 Å². The van der Waals surface area contributed by atoms with Crippen molar-refractivity contribution in [3.05, 3.63) is 324 Å². The van der Waals surface area contributed by atoms with E-state index in [4.69, 9.17) is 0 Å². The molecule has 0 saturated carbocycles. The molecule has 1 unspecified atom stereocenters. The Hall–Kier alpha value is -7.36. The fraction of sp³-hybridized carbons (Fsp3) is 0.0303. The number of fused-ring (bicyclic) bond motifs is 9. The molecule has 0 N–H and O–H groups in total. The lowest BCUT2D eigenvalue weighted by Crippen LogP contribution is -2.29. The summed E-state index contributed by atoms with van der Waals surface area (Å²) in [5.74, 6) is 0.0922. The zero-order valence-electron chi connectivity index (χ0n) is 37.0. The predicted molar refractivity (Wildman–Crippen MR) is 291 cm³/mol. The molecule has 4 aliphatic rings. The SMILES string of the molecule is Brc1ccc2c(c1)C(c1cccc(C(=C3c4ccccc4-c4ccccc43)c3ccccc3)c1)(c1cccc(C(=C3c4ccccc4C4=CC3C=CC=C4)c3ccccc3)c1)c1cc(Br)ccc1-2. The summed E-state index contributed by atoms with van der Waals surface area (Å²) < 4.78 is 2.10. The standard InChI is InChI=1S/C66H42Br2/c67-50-33-35-55-56-36-34-51(68)41-61(56)66(60(55)40-50,49-26-16-24-47(39-49)63(43-19-5-2-6-20-43)65-58-31-13-10-28-53(58)54-29-11-14-32-59(54)65)48-25-15-23-46(38-48)62(42-17-3-1-4-18-42)64-45-22-8-7-21-44(37-45)52-27-9-12-30-57(52)64/h1-41,45H. The van der Waals surface area contributed by atoms with Gasteiger partial charge in [0.05, 0.1) is 5.41 Å². The van der Waals surface area contributed by atoms with Crippen molar-refractivity contribution in [1.82, 2.24) is 0 Å². The number of allylic oxidation sites excluding steroid dienone is 7. The van der Waals surface area contributed by atoms with Gasteiger partial charge in [0.2, 0.25) is 0 Å². The van der Waals surface area contributed by atoms with E-state index in [1.165, 1.54) is 117 Å². The molecule has 0 spiro atoms. The van der Waals surface area contributed by atoms with E-state index in [1.54, 1.807) is 0 Å². The van der Waals surface area contributed by atoms with Gasteiger partial charge in [-0.05, 0) is 153 Å². The van der Waals surface area contributed by atoms with Crippen LogP contribution in [-0.4, -0.2) is 0 Å². The van der Waals surface area contributed by atoms with Crippen molar-refractivity contribution in [2.75, 3.05) is 0 Å². The van der Waals surface area contributed by atoms with E-state index >= 15 is 0 Å². The van der Waals surface area contributed by atoms with Crippen LogP contribution in [0.4, 0.5) is 0 Å². The summed E-state index contributed by atoms with van der Waals surface area (Å²) in [7, 11) is 0. The monoisotopic (exact) mass is 992 g/mol. The van der Waals surface area contributed by atoms with Crippen LogP contribution < -0.4 is 0 Å². The lowest BCUT2D eigenvalue weighted by molar-refractivity contribution is 0.766. The van der Waals surface area contributed by atoms with E-state index in [2.05, 4.69) is 281 Å². The third-order valence-electron chi connectivity index (χ3n) is 14.5. The largest absolute Gasteiger partial charge is 0.0732 e. The Balaban J connectivity index is 1.12. The quantitative estimate of drug-likeness (QED) is 0.156. The Kier molecular flexibility index (Phi) is 9.89. The summed E-state index contributed by atoms with van der Waals surface area (Å²) >= 11 is 7.98. The van der Waals surface area contributed by atoms with E-state index < -0.39 is 5.41 Å². The van der Waals surface area contributed by atoms with Gasteiger partial charge in [-0.1, -0.05) is 244 Å². The first kappa shape index (κ1) is 40.9. The topological polar surface area (TPSA) is 0 Å². The highest BCUT2D eigenvalue weighted by Crippen LogP contribution is 2.59. The van der Waals surface area contributed by atoms with Crippen LogP contribution in [0, 0.1) is 5.92 Å². The highest BCUT2D eigenvalue weighted by Gasteiger charge is 2.47. The molecule has 0 aliphatic heterocycles. The molecule has 0 amide bonds. The Morgan fingerprint density at radius 1 is 0.368 bits per heavy atom. The number of benzene rings is 9. The van der Waals surface area contributed by atoms with Gasteiger partial charge in [0, 0.05) is 14.9 Å². The van der Waals surface area contributed by atoms with Gasteiger partial charge in [0.25, 0.3) is 0 Å². The molecular formula is C66H42Br2. The second-order valence-corrected chi connectivity index (χ2v) is 19.9. The van der Waals surface area contributed by atoms with E-state index in [1.807, 2.05) is 0 Å². The number of hydrogen-bond donors (Lipinski definition) is 0. The van der Waals surface area contributed by atoms with E-state index in [0.29, 0.717) is 0 Å². The highest BCUT2D eigenvalue weighted by atomic mass is 79.9. The van der Waals surface area contributed by atoms with Crippen LogP contribution in [0.3, 0.4) is 0 Å². The highest BCUT2D eigenvalue weighted by molar-refractivity contribution is 9.10. The Morgan fingerprint density at radius 3 is 1.41 bits per heavy atom. The van der Waals surface area contributed by atoms with Crippen LogP contribution in [0.5, 0.6) is 0 Å².